The van der Waals surface area contributed by atoms with E-state index in [-0.39, 0.29) is 5.96 Å². The minimum atomic E-state index is -4.89. The Morgan fingerprint density at radius 2 is 1.76 bits per heavy atom. The van der Waals surface area contributed by atoms with Gasteiger partial charge >= 0.3 is 6.18 Å². The van der Waals surface area contributed by atoms with E-state index in [0.29, 0.717) is 0 Å². The van der Waals surface area contributed by atoms with Gasteiger partial charge in [0.2, 0.25) is 5.96 Å². The van der Waals surface area contributed by atoms with Crippen molar-refractivity contribution in [1.82, 2.24) is 4.90 Å². The van der Waals surface area contributed by atoms with Gasteiger partial charge in [-0.1, -0.05) is 0 Å². The highest BCUT2D eigenvalue weighted by atomic mass is 32.2. The van der Waals surface area contributed by atoms with Crippen molar-refractivity contribution in [3.05, 3.63) is 0 Å². The van der Waals surface area contributed by atoms with E-state index in [1.54, 1.807) is 0 Å². The van der Waals surface area contributed by atoms with Crippen LogP contribution in [0.1, 0.15) is 0 Å². The first-order chi connectivity index (χ1) is 7.43. The Morgan fingerprint density at radius 3 is 2.12 bits per heavy atom. The normalized spacial score (nSPS) is 14.9. The van der Waals surface area contributed by atoms with E-state index in [1.165, 1.54) is 19.0 Å². The lowest BCUT2D eigenvalue weighted by Gasteiger charge is -2.09. The van der Waals surface area contributed by atoms with Gasteiger partial charge in [-0.05, 0) is 0 Å². The van der Waals surface area contributed by atoms with Gasteiger partial charge < -0.3 is 16.4 Å². The van der Waals surface area contributed by atoms with Crippen LogP contribution in [0.3, 0.4) is 0 Å². The molecule has 17 heavy (non-hydrogen) atoms. The third-order valence-electron chi connectivity index (χ3n) is 1.27. The number of nitrogens with zero attached hydrogens (tertiary/aromatic N) is 3. The third kappa shape index (κ3) is 7.38. The highest BCUT2D eigenvalue weighted by Gasteiger charge is 2.35. The second-order valence-corrected chi connectivity index (χ2v) is 4.79. The highest BCUT2D eigenvalue weighted by molar-refractivity contribution is 7.90. The molecular formula is C6H12F3N5O2S. The number of guanidine groups is 2. The molecule has 100 valence electrons. The number of hydrogen-bond acceptors (Lipinski definition) is 2. The van der Waals surface area contributed by atoms with Gasteiger partial charge in [-0.15, -0.1) is 4.40 Å². The summed E-state index contributed by atoms with van der Waals surface area (Å²) in [5.74, 6) is -3.15. The van der Waals surface area contributed by atoms with Crippen molar-refractivity contribution in [1.29, 1.82) is 0 Å². The van der Waals surface area contributed by atoms with E-state index < -0.39 is 27.9 Å². The molecule has 0 amide bonds. The van der Waals surface area contributed by atoms with E-state index in [9.17, 15) is 21.6 Å². The maximum Gasteiger partial charge on any atom is 0.404 e. The minimum Gasteiger partial charge on any atom is -0.369 e. The van der Waals surface area contributed by atoms with Crippen molar-refractivity contribution in [2.75, 3.05) is 19.8 Å². The molecule has 0 spiro atoms. The van der Waals surface area contributed by atoms with Crippen LogP contribution in [0.25, 0.3) is 0 Å². The van der Waals surface area contributed by atoms with E-state index in [1.807, 2.05) is 0 Å². The summed E-state index contributed by atoms with van der Waals surface area (Å²) in [7, 11) is -1.79. The van der Waals surface area contributed by atoms with Crippen LogP contribution < -0.4 is 11.5 Å². The molecule has 0 radical (unpaired) electrons. The van der Waals surface area contributed by atoms with Crippen LogP contribution in [0.5, 0.6) is 0 Å². The number of sulfonamides is 1. The Labute approximate surface area is 96.1 Å². The molecule has 0 atom stereocenters. The molecule has 0 saturated carbocycles. The number of nitrogens with two attached hydrogens (primary N) is 2. The van der Waals surface area contributed by atoms with Gasteiger partial charge in [-0.3, -0.25) is 0 Å². The lowest BCUT2D eigenvalue weighted by atomic mass is 10.8. The molecule has 0 aromatic rings. The summed E-state index contributed by atoms with van der Waals surface area (Å²) in [4.78, 5) is 4.57. The molecule has 0 aliphatic carbocycles. The number of alkyl halides is 3. The summed E-state index contributed by atoms with van der Waals surface area (Å²) >= 11 is 0. The first kappa shape index (κ1) is 15.5. The van der Waals surface area contributed by atoms with Gasteiger partial charge in [0.15, 0.2) is 11.7 Å². The lowest BCUT2D eigenvalue weighted by molar-refractivity contribution is -0.106. The fourth-order valence-corrected chi connectivity index (χ4v) is 1.42. The van der Waals surface area contributed by atoms with E-state index in [2.05, 4.69) is 9.39 Å². The van der Waals surface area contributed by atoms with Crippen LogP contribution in [-0.2, 0) is 10.0 Å². The van der Waals surface area contributed by atoms with Gasteiger partial charge in [0.25, 0.3) is 10.0 Å². The predicted octanol–water partition coefficient (Wildman–Crippen LogP) is -0.930. The van der Waals surface area contributed by atoms with Crippen molar-refractivity contribution in [3.63, 3.8) is 0 Å². The van der Waals surface area contributed by atoms with Gasteiger partial charge in [-0.25, -0.2) is 8.42 Å². The average Bonchev–Trinajstić information content (AvgIpc) is 1.96. The van der Waals surface area contributed by atoms with Gasteiger partial charge in [-0.2, -0.15) is 18.2 Å². The largest absolute Gasteiger partial charge is 0.404 e. The zero-order valence-corrected chi connectivity index (χ0v) is 9.88. The van der Waals surface area contributed by atoms with Crippen LogP contribution in [0.15, 0.2) is 9.39 Å². The van der Waals surface area contributed by atoms with Crippen LogP contribution in [0, 0.1) is 0 Å². The summed E-state index contributed by atoms with van der Waals surface area (Å²) in [6.45, 7) is 0. The molecule has 0 fully saturated rings. The molecule has 0 aliphatic heterocycles. The molecule has 4 N–H and O–H groups in total. The number of rotatable bonds is 2. The maximum atomic E-state index is 11.8. The molecule has 0 saturated heterocycles. The summed E-state index contributed by atoms with van der Waals surface area (Å²) in [6.07, 6.45) is -4.89. The van der Waals surface area contributed by atoms with Gasteiger partial charge in [0, 0.05) is 14.1 Å². The quantitative estimate of drug-likeness (QED) is 0.499. The monoisotopic (exact) mass is 275 g/mol. The molecule has 0 heterocycles. The highest BCUT2D eigenvalue weighted by Crippen LogP contribution is 2.17. The lowest BCUT2D eigenvalue weighted by Crippen LogP contribution is -2.33. The molecule has 0 rings (SSSR count). The second-order valence-electron chi connectivity index (χ2n) is 3.16. The van der Waals surface area contributed by atoms with E-state index in [0.717, 1.165) is 0 Å². The zero-order chi connectivity index (χ0) is 13.9. The van der Waals surface area contributed by atoms with Crippen LogP contribution in [0.2, 0.25) is 0 Å². The molecule has 0 aromatic heterocycles. The van der Waals surface area contributed by atoms with Crippen molar-refractivity contribution in [2.45, 2.75) is 6.18 Å². The number of hydrogen-bond donors (Lipinski definition) is 2. The molecule has 7 nitrogen and oxygen atoms in total. The summed E-state index contributed by atoms with van der Waals surface area (Å²) in [5.41, 5.74) is 10.3. The number of aliphatic imine (C=N–C) groups is 1. The van der Waals surface area contributed by atoms with Crippen molar-refractivity contribution in [3.8, 4) is 0 Å². The number of halogens is 3. The van der Waals surface area contributed by atoms with Crippen LogP contribution in [-0.4, -0.2) is 51.3 Å². The molecule has 11 heteroatoms. The van der Waals surface area contributed by atoms with Crippen molar-refractivity contribution in [2.24, 2.45) is 20.9 Å². The third-order valence-corrected chi connectivity index (χ3v) is 2.42. The fraction of sp³-hybridized carbons (Fsp3) is 0.667. The van der Waals surface area contributed by atoms with Gasteiger partial charge in [0.05, 0.1) is 0 Å². The molecule has 0 bridgehead atoms. The SMILES string of the molecule is CN(C)/C(N)=N/C(N)=N/S(=O)(=O)CC(F)(F)F. The van der Waals surface area contributed by atoms with E-state index >= 15 is 0 Å². The zero-order valence-electron chi connectivity index (χ0n) is 9.06. The van der Waals surface area contributed by atoms with E-state index in [4.69, 9.17) is 11.5 Å². The van der Waals surface area contributed by atoms with Gasteiger partial charge in [0.1, 0.15) is 0 Å². The minimum absolute atomic E-state index is 0.187. The Kier molecular flexibility index (Phi) is 4.74. The van der Waals surface area contributed by atoms with Crippen molar-refractivity contribution >= 4 is 21.9 Å². The molecule has 0 aromatic carbocycles. The maximum absolute atomic E-state index is 11.8. The van der Waals surface area contributed by atoms with Crippen LogP contribution in [0.4, 0.5) is 13.2 Å². The Bertz CT molecular complexity index is 425. The summed E-state index contributed by atoms with van der Waals surface area (Å²) in [6, 6.07) is 0. The Hall–Kier alpha value is -1.52. The Morgan fingerprint density at radius 1 is 1.29 bits per heavy atom. The first-order valence-electron chi connectivity index (χ1n) is 4.09. The molecule has 0 unspecified atom stereocenters. The van der Waals surface area contributed by atoms with Crippen LogP contribution >= 0.6 is 0 Å². The van der Waals surface area contributed by atoms with Crippen molar-refractivity contribution < 1.29 is 21.6 Å². The molecular weight excluding hydrogens is 263 g/mol. The predicted molar refractivity (Wildman–Crippen MR) is 56.8 cm³/mol. The topological polar surface area (TPSA) is 114 Å². The summed E-state index contributed by atoms with van der Waals surface area (Å²) < 4.78 is 60.0. The standard InChI is InChI=1S/C6H12F3N5O2S/c1-14(2)5(11)12-4(10)13-17(15,16)3-6(7,8)9/h3H2,1-2H3,(H4,10,11,12,13). The average molecular weight is 275 g/mol. The first-order valence-corrected chi connectivity index (χ1v) is 5.70. The molecule has 0 aliphatic rings. The fourth-order valence-electron chi connectivity index (χ4n) is 0.619. The second kappa shape index (κ2) is 5.21. The Balaban J connectivity index is 4.98. The smallest absolute Gasteiger partial charge is 0.369 e. The summed E-state index contributed by atoms with van der Waals surface area (Å²) in [5, 5.41) is 0.